The smallest absolute Gasteiger partial charge is 0.223 e. The zero-order chi connectivity index (χ0) is 11.5. The molecule has 3 heteroatoms. The maximum Gasteiger partial charge on any atom is 0.223 e. The van der Waals surface area contributed by atoms with Gasteiger partial charge in [-0.3, -0.25) is 4.79 Å². The predicted molar refractivity (Wildman–Crippen MR) is 65.0 cm³/mol. The summed E-state index contributed by atoms with van der Waals surface area (Å²) in [5, 5.41) is 3.42. The number of nitrogens with one attached hydrogen (secondary N) is 1. The van der Waals surface area contributed by atoms with Gasteiger partial charge in [-0.05, 0) is 37.1 Å². The largest absolute Gasteiger partial charge is 0.349 e. The van der Waals surface area contributed by atoms with Crippen LogP contribution >= 0.6 is 0 Å². The van der Waals surface area contributed by atoms with Crippen LogP contribution in [0.3, 0.4) is 0 Å². The third-order valence-electron chi connectivity index (χ3n) is 3.84. The molecule has 0 saturated heterocycles. The first-order valence-corrected chi connectivity index (χ1v) is 6.26. The number of fused-ring (bicyclic) bond motifs is 2. The summed E-state index contributed by atoms with van der Waals surface area (Å²) < 4.78 is 0. The zero-order valence-corrected chi connectivity index (χ0v) is 10.3. The van der Waals surface area contributed by atoms with Gasteiger partial charge in [0.15, 0.2) is 0 Å². The number of hydrogen-bond donors (Lipinski definition) is 1. The van der Waals surface area contributed by atoms with Gasteiger partial charge in [0.05, 0.1) is 0 Å². The number of allylic oxidation sites excluding steroid dienone is 2. The molecule has 1 amide bonds. The van der Waals surface area contributed by atoms with Gasteiger partial charge < -0.3 is 10.2 Å². The van der Waals surface area contributed by atoms with Gasteiger partial charge in [-0.25, -0.2) is 0 Å². The zero-order valence-electron chi connectivity index (χ0n) is 10.3. The molecular weight excluding hydrogens is 200 g/mol. The van der Waals surface area contributed by atoms with Gasteiger partial charge in [-0.15, -0.1) is 0 Å². The average molecular weight is 222 g/mol. The molecule has 0 aromatic carbocycles. The van der Waals surface area contributed by atoms with Crippen molar-refractivity contribution in [1.82, 2.24) is 10.2 Å². The van der Waals surface area contributed by atoms with E-state index in [4.69, 9.17) is 0 Å². The van der Waals surface area contributed by atoms with Gasteiger partial charge in [0.25, 0.3) is 0 Å². The second-order valence-electron chi connectivity index (χ2n) is 5.28. The topological polar surface area (TPSA) is 32.3 Å². The van der Waals surface area contributed by atoms with Gasteiger partial charge in [0.2, 0.25) is 5.91 Å². The molecule has 0 aliphatic heterocycles. The van der Waals surface area contributed by atoms with Crippen molar-refractivity contribution in [3.05, 3.63) is 12.2 Å². The highest BCUT2D eigenvalue weighted by molar-refractivity contribution is 5.75. The molecular formula is C13H22N2O. The number of nitrogens with zero attached hydrogens (tertiary/aromatic N) is 1. The summed E-state index contributed by atoms with van der Waals surface area (Å²) in [5.74, 6) is 2.67. The molecule has 0 aromatic heterocycles. The lowest BCUT2D eigenvalue weighted by molar-refractivity contribution is -0.128. The van der Waals surface area contributed by atoms with Crippen molar-refractivity contribution >= 4 is 5.91 Å². The summed E-state index contributed by atoms with van der Waals surface area (Å²) in [7, 11) is 3.62. The van der Waals surface area contributed by atoms with Gasteiger partial charge in [-0.2, -0.15) is 0 Å². The molecule has 90 valence electrons. The van der Waals surface area contributed by atoms with Crippen LogP contribution in [0.2, 0.25) is 0 Å². The lowest BCUT2D eigenvalue weighted by Gasteiger charge is -2.18. The first-order valence-electron chi connectivity index (χ1n) is 6.26. The van der Waals surface area contributed by atoms with E-state index in [-0.39, 0.29) is 5.91 Å². The molecule has 1 saturated carbocycles. The van der Waals surface area contributed by atoms with Gasteiger partial charge >= 0.3 is 0 Å². The first kappa shape index (κ1) is 11.6. The van der Waals surface area contributed by atoms with Crippen LogP contribution in [0, 0.1) is 17.8 Å². The number of amides is 1. The standard InChI is InChI=1S/C13H22N2O/c1-15(2)13(16)5-6-14-9-12-8-10-3-4-11(12)7-10/h3-4,10-12,14H,5-9H2,1-2H3. The van der Waals surface area contributed by atoms with Crippen LogP contribution in [-0.4, -0.2) is 38.0 Å². The van der Waals surface area contributed by atoms with E-state index in [1.807, 2.05) is 14.1 Å². The number of rotatable bonds is 5. The van der Waals surface area contributed by atoms with Crippen LogP contribution in [0.4, 0.5) is 0 Å². The summed E-state index contributed by atoms with van der Waals surface area (Å²) in [4.78, 5) is 13.0. The Kier molecular flexibility index (Phi) is 3.64. The fraction of sp³-hybridized carbons (Fsp3) is 0.769. The molecule has 0 aromatic rings. The Morgan fingerprint density at radius 2 is 2.19 bits per heavy atom. The molecule has 3 nitrogen and oxygen atoms in total. The lowest BCUT2D eigenvalue weighted by Crippen LogP contribution is -2.30. The van der Waals surface area contributed by atoms with Crippen molar-refractivity contribution in [2.45, 2.75) is 19.3 Å². The molecule has 0 heterocycles. The van der Waals surface area contributed by atoms with E-state index in [9.17, 15) is 4.79 Å². The van der Waals surface area contributed by atoms with Gasteiger partial charge in [0.1, 0.15) is 0 Å². The predicted octanol–water partition coefficient (Wildman–Crippen LogP) is 1.27. The van der Waals surface area contributed by atoms with E-state index < -0.39 is 0 Å². The van der Waals surface area contributed by atoms with Crippen LogP contribution in [0.15, 0.2) is 12.2 Å². The summed E-state index contributed by atoms with van der Waals surface area (Å²) in [6, 6.07) is 0. The highest BCUT2D eigenvalue weighted by atomic mass is 16.2. The van der Waals surface area contributed by atoms with E-state index in [1.54, 1.807) is 4.90 Å². The molecule has 3 unspecified atom stereocenters. The van der Waals surface area contributed by atoms with Crippen molar-refractivity contribution in [3.8, 4) is 0 Å². The van der Waals surface area contributed by atoms with Crippen molar-refractivity contribution in [3.63, 3.8) is 0 Å². The molecule has 3 atom stereocenters. The number of hydrogen-bond acceptors (Lipinski definition) is 2. The second kappa shape index (κ2) is 5.00. The molecule has 2 aliphatic rings. The minimum atomic E-state index is 0.209. The molecule has 2 bridgehead atoms. The maximum atomic E-state index is 11.3. The second-order valence-corrected chi connectivity index (χ2v) is 5.28. The summed E-state index contributed by atoms with van der Waals surface area (Å²) in [6.45, 7) is 1.89. The number of carbonyl (C=O) groups excluding carboxylic acids is 1. The molecule has 1 fully saturated rings. The van der Waals surface area contributed by atoms with Crippen LogP contribution in [-0.2, 0) is 4.79 Å². The molecule has 1 N–H and O–H groups in total. The van der Waals surface area contributed by atoms with Crippen molar-refractivity contribution in [2.24, 2.45) is 17.8 Å². The summed E-state index contributed by atoms with van der Waals surface area (Å²) >= 11 is 0. The number of carbonyl (C=O) groups is 1. The third kappa shape index (κ3) is 2.64. The Balaban J connectivity index is 1.59. The Hall–Kier alpha value is -0.830. The van der Waals surface area contributed by atoms with Crippen molar-refractivity contribution in [2.75, 3.05) is 27.2 Å². The molecule has 16 heavy (non-hydrogen) atoms. The van der Waals surface area contributed by atoms with Crippen molar-refractivity contribution in [1.29, 1.82) is 0 Å². The van der Waals surface area contributed by atoms with Crippen LogP contribution < -0.4 is 5.32 Å². The fourth-order valence-corrected chi connectivity index (χ4v) is 2.84. The van der Waals surface area contributed by atoms with E-state index in [1.165, 1.54) is 12.8 Å². The van der Waals surface area contributed by atoms with Crippen molar-refractivity contribution < 1.29 is 4.79 Å². The van der Waals surface area contributed by atoms with Crippen LogP contribution in [0.25, 0.3) is 0 Å². The fourth-order valence-electron chi connectivity index (χ4n) is 2.84. The minimum Gasteiger partial charge on any atom is -0.349 e. The normalized spacial score (nSPS) is 31.0. The monoisotopic (exact) mass is 222 g/mol. The molecule has 2 rings (SSSR count). The first-order chi connectivity index (χ1) is 7.66. The minimum absolute atomic E-state index is 0.209. The van der Waals surface area contributed by atoms with Gasteiger partial charge in [-0.1, -0.05) is 12.2 Å². The van der Waals surface area contributed by atoms with Crippen LogP contribution in [0.1, 0.15) is 19.3 Å². The maximum absolute atomic E-state index is 11.3. The summed E-state index contributed by atoms with van der Waals surface area (Å²) in [6.07, 6.45) is 8.07. The SMILES string of the molecule is CN(C)C(=O)CCNCC1CC2C=CC1C2. The molecule has 0 spiro atoms. The van der Waals surface area contributed by atoms with Crippen LogP contribution in [0.5, 0.6) is 0 Å². The Morgan fingerprint density at radius 3 is 2.75 bits per heavy atom. The highest BCUT2D eigenvalue weighted by Crippen LogP contribution is 2.42. The van der Waals surface area contributed by atoms with E-state index >= 15 is 0 Å². The highest BCUT2D eigenvalue weighted by Gasteiger charge is 2.34. The lowest BCUT2D eigenvalue weighted by atomic mass is 9.94. The summed E-state index contributed by atoms with van der Waals surface area (Å²) in [5.41, 5.74) is 0. The van der Waals surface area contributed by atoms with E-state index in [0.717, 1.165) is 30.8 Å². The quantitative estimate of drug-likeness (QED) is 0.561. The van der Waals surface area contributed by atoms with Gasteiger partial charge in [0, 0.05) is 27.1 Å². The molecule has 0 radical (unpaired) electrons. The third-order valence-corrected chi connectivity index (χ3v) is 3.84. The average Bonchev–Trinajstić information content (AvgIpc) is 2.85. The molecule has 2 aliphatic carbocycles. The Morgan fingerprint density at radius 1 is 1.38 bits per heavy atom. The van der Waals surface area contributed by atoms with E-state index in [0.29, 0.717) is 6.42 Å². The Bertz CT molecular complexity index is 286. The van der Waals surface area contributed by atoms with E-state index in [2.05, 4.69) is 17.5 Å². The Labute approximate surface area is 97.9 Å².